The Kier molecular flexibility index (Phi) is 2.67. The number of nitrogens with zero attached hydrogens (tertiary/aromatic N) is 2. The maximum Gasteiger partial charge on any atom is 0.0760 e. The number of fused-ring (bicyclic) bond motifs is 1. The number of benzene rings is 1. The Labute approximate surface area is 112 Å². The molecule has 0 unspecified atom stereocenters. The summed E-state index contributed by atoms with van der Waals surface area (Å²) in [6.45, 7) is 3.99. The molecule has 0 saturated heterocycles. The van der Waals surface area contributed by atoms with Crippen molar-refractivity contribution in [2.45, 2.75) is 13.8 Å². The summed E-state index contributed by atoms with van der Waals surface area (Å²) in [7, 11) is 0. The van der Waals surface area contributed by atoms with Gasteiger partial charge in [0.05, 0.1) is 11.2 Å². The molecule has 3 heteroatoms. The second-order valence-corrected chi connectivity index (χ2v) is 4.70. The Bertz CT molecular complexity index is 763. The van der Waals surface area contributed by atoms with Crippen LogP contribution >= 0.6 is 0 Å². The van der Waals surface area contributed by atoms with Crippen LogP contribution in [0.25, 0.3) is 22.2 Å². The molecular weight excluding hydrogens is 234 g/mol. The normalized spacial score (nSPS) is 10.8. The lowest BCUT2D eigenvalue weighted by Crippen LogP contribution is -1.98. The third kappa shape index (κ3) is 1.93. The minimum absolute atomic E-state index is 0.801. The smallest absolute Gasteiger partial charge is 0.0760 e. The number of para-hydroxylation sites is 1. The highest BCUT2D eigenvalue weighted by Gasteiger charge is 2.10. The molecule has 0 amide bonds. The Balaban J connectivity index is 2.33. The molecule has 0 atom stereocenters. The molecule has 0 aliphatic rings. The first-order chi connectivity index (χ1) is 9.16. The van der Waals surface area contributed by atoms with Crippen molar-refractivity contribution in [3.8, 4) is 11.3 Å². The molecule has 2 aromatic heterocycles. The number of rotatable bonds is 1. The molecule has 0 spiro atoms. The number of aryl methyl sites for hydroxylation is 1. The van der Waals surface area contributed by atoms with Crippen molar-refractivity contribution in [2.75, 3.05) is 5.73 Å². The Hall–Kier alpha value is -2.42. The van der Waals surface area contributed by atoms with E-state index in [9.17, 15) is 0 Å². The van der Waals surface area contributed by atoms with Gasteiger partial charge in [0.2, 0.25) is 0 Å². The second-order valence-electron chi connectivity index (χ2n) is 4.70. The second kappa shape index (κ2) is 4.35. The summed E-state index contributed by atoms with van der Waals surface area (Å²) < 4.78 is 0. The van der Waals surface area contributed by atoms with E-state index in [1.165, 1.54) is 0 Å². The zero-order valence-corrected chi connectivity index (χ0v) is 11.0. The molecule has 19 heavy (non-hydrogen) atoms. The molecule has 0 radical (unpaired) electrons. The van der Waals surface area contributed by atoms with Crippen LogP contribution < -0.4 is 5.73 Å². The minimum Gasteiger partial charge on any atom is -0.398 e. The molecule has 0 bridgehead atoms. The van der Waals surface area contributed by atoms with E-state index >= 15 is 0 Å². The largest absolute Gasteiger partial charge is 0.398 e. The van der Waals surface area contributed by atoms with E-state index in [2.05, 4.69) is 4.98 Å². The van der Waals surface area contributed by atoms with E-state index < -0.39 is 0 Å². The van der Waals surface area contributed by atoms with Gasteiger partial charge >= 0.3 is 0 Å². The lowest BCUT2D eigenvalue weighted by molar-refractivity contribution is 1.19. The summed E-state index contributed by atoms with van der Waals surface area (Å²) in [5, 5.41) is 1.01. The van der Waals surface area contributed by atoms with Gasteiger partial charge in [-0.2, -0.15) is 0 Å². The summed E-state index contributed by atoms with van der Waals surface area (Å²) in [6, 6.07) is 12.0. The van der Waals surface area contributed by atoms with Gasteiger partial charge in [-0.1, -0.05) is 18.2 Å². The number of anilines is 1. The van der Waals surface area contributed by atoms with Crippen LogP contribution in [0, 0.1) is 13.8 Å². The highest BCUT2D eigenvalue weighted by Crippen LogP contribution is 2.31. The van der Waals surface area contributed by atoms with E-state index in [1.54, 1.807) is 6.20 Å². The summed E-state index contributed by atoms with van der Waals surface area (Å²) in [5.74, 6) is 0. The minimum atomic E-state index is 0.801. The standard InChI is InChI=1S/C16H15N3/c1-10-9-12(7-8-18-10)16-11(2)15(17)13-5-3-4-6-14(13)19-16/h3-9H,1-2H3,(H2,17,19). The van der Waals surface area contributed by atoms with Crippen molar-refractivity contribution in [3.05, 3.63) is 53.9 Å². The summed E-state index contributed by atoms with van der Waals surface area (Å²) in [5.41, 5.74) is 12.0. The van der Waals surface area contributed by atoms with Gasteiger partial charge in [-0.05, 0) is 37.6 Å². The lowest BCUT2D eigenvalue weighted by atomic mass is 10.0. The molecule has 0 aliphatic heterocycles. The zero-order valence-electron chi connectivity index (χ0n) is 11.0. The molecule has 0 fully saturated rings. The van der Waals surface area contributed by atoms with Gasteiger partial charge in [0, 0.05) is 28.5 Å². The zero-order chi connectivity index (χ0) is 13.4. The molecule has 0 saturated carbocycles. The number of pyridine rings is 2. The fourth-order valence-electron chi connectivity index (χ4n) is 2.31. The quantitative estimate of drug-likeness (QED) is 0.718. The number of hydrogen-bond acceptors (Lipinski definition) is 3. The highest BCUT2D eigenvalue weighted by molar-refractivity contribution is 5.94. The first kappa shape index (κ1) is 11.7. The maximum atomic E-state index is 6.24. The molecule has 1 aromatic carbocycles. The predicted molar refractivity (Wildman–Crippen MR) is 78.9 cm³/mol. The SMILES string of the molecule is Cc1cc(-c2nc3ccccc3c(N)c2C)ccn1. The fourth-order valence-corrected chi connectivity index (χ4v) is 2.31. The molecule has 2 N–H and O–H groups in total. The van der Waals surface area contributed by atoms with Crippen LogP contribution in [0.1, 0.15) is 11.3 Å². The van der Waals surface area contributed by atoms with Crippen molar-refractivity contribution in [3.63, 3.8) is 0 Å². The van der Waals surface area contributed by atoms with E-state index in [4.69, 9.17) is 10.7 Å². The van der Waals surface area contributed by atoms with E-state index in [0.29, 0.717) is 0 Å². The molecule has 0 aliphatic carbocycles. The lowest BCUT2D eigenvalue weighted by Gasteiger charge is -2.11. The van der Waals surface area contributed by atoms with E-state index in [-0.39, 0.29) is 0 Å². The Morgan fingerprint density at radius 2 is 1.84 bits per heavy atom. The van der Waals surface area contributed by atoms with Gasteiger partial charge in [0.1, 0.15) is 0 Å². The Morgan fingerprint density at radius 1 is 1.05 bits per heavy atom. The first-order valence-electron chi connectivity index (χ1n) is 6.24. The van der Waals surface area contributed by atoms with Gasteiger partial charge in [0.25, 0.3) is 0 Å². The number of hydrogen-bond donors (Lipinski definition) is 1. The summed E-state index contributed by atoms with van der Waals surface area (Å²) in [4.78, 5) is 8.96. The van der Waals surface area contributed by atoms with Gasteiger partial charge in [-0.15, -0.1) is 0 Å². The maximum absolute atomic E-state index is 6.24. The summed E-state index contributed by atoms with van der Waals surface area (Å²) >= 11 is 0. The van der Waals surface area contributed by atoms with Crippen molar-refractivity contribution >= 4 is 16.6 Å². The Morgan fingerprint density at radius 3 is 2.63 bits per heavy atom. The van der Waals surface area contributed by atoms with Crippen molar-refractivity contribution in [1.82, 2.24) is 9.97 Å². The van der Waals surface area contributed by atoms with Gasteiger partial charge in [-0.25, -0.2) is 4.98 Å². The van der Waals surface area contributed by atoms with Crippen LogP contribution in [0.4, 0.5) is 5.69 Å². The molecule has 3 nitrogen and oxygen atoms in total. The van der Waals surface area contributed by atoms with Crippen LogP contribution in [0.15, 0.2) is 42.6 Å². The predicted octanol–water partition coefficient (Wildman–Crippen LogP) is 3.50. The fraction of sp³-hybridized carbons (Fsp3) is 0.125. The number of aromatic nitrogens is 2. The molecule has 2 heterocycles. The van der Waals surface area contributed by atoms with E-state index in [1.807, 2.05) is 50.2 Å². The molecule has 94 valence electrons. The number of nitrogens with two attached hydrogens (primary N) is 1. The van der Waals surface area contributed by atoms with Crippen molar-refractivity contribution < 1.29 is 0 Å². The van der Waals surface area contributed by atoms with Crippen molar-refractivity contribution in [2.24, 2.45) is 0 Å². The van der Waals surface area contributed by atoms with Gasteiger partial charge in [-0.3, -0.25) is 4.98 Å². The monoisotopic (exact) mass is 249 g/mol. The summed E-state index contributed by atoms with van der Waals surface area (Å²) in [6.07, 6.45) is 1.80. The third-order valence-corrected chi connectivity index (χ3v) is 3.36. The van der Waals surface area contributed by atoms with Gasteiger partial charge in [0.15, 0.2) is 0 Å². The first-order valence-corrected chi connectivity index (χ1v) is 6.24. The third-order valence-electron chi connectivity index (χ3n) is 3.36. The van der Waals surface area contributed by atoms with Crippen LogP contribution in [-0.2, 0) is 0 Å². The number of nitrogen functional groups attached to an aromatic ring is 1. The van der Waals surface area contributed by atoms with Crippen molar-refractivity contribution in [1.29, 1.82) is 0 Å². The average molecular weight is 249 g/mol. The molecule has 3 aromatic rings. The van der Waals surface area contributed by atoms with Crippen LogP contribution in [-0.4, -0.2) is 9.97 Å². The average Bonchev–Trinajstić information content (AvgIpc) is 2.43. The molecular formula is C16H15N3. The molecule has 3 rings (SSSR count). The van der Waals surface area contributed by atoms with Crippen LogP contribution in [0.2, 0.25) is 0 Å². The topological polar surface area (TPSA) is 51.8 Å². The van der Waals surface area contributed by atoms with E-state index in [0.717, 1.165) is 39.1 Å². The van der Waals surface area contributed by atoms with Crippen LogP contribution in [0.3, 0.4) is 0 Å². The van der Waals surface area contributed by atoms with Gasteiger partial charge < -0.3 is 5.73 Å². The van der Waals surface area contributed by atoms with Crippen LogP contribution in [0.5, 0.6) is 0 Å². The highest BCUT2D eigenvalue weighted by atomic mass is 14.7.